The van der Waals surface area contributed by atoms with Crippen LogP contribution < -0.4 is 11.2 Å². The highest BCUT2D eigenvalue weighted by molar-refractivity contribution is 15.0. The van der Waals surface area contributed by atoms with Crippen LogP contribution in [0.25, 0.3) is 5.69 Å². The summed E-state index contributed by atoms with van der Waals surface area (Å²) in [5, 5.41) is 9.22. The molecule has 0 unspecified atom stereocenters. The maximum Gasteiger partial charge on any atom is 0.335 e. The van der Waals surface area contributed by atoms with E-state index < -0.39 is 5.69 Å². The minimum absolute atomic E-state index is 0.0902. The summed E-state index contributed by atoms with van der Waals surface area (Å²) in [6.07, 6.45) is 0. The van der Waals surface area contributed by atoms with Gasteiger partial charge in [-0.3, -0.25) is 4.79 Å². The molecule has 0 bridgehead atoms. The van der Waals surface area contributed by atoms with Crippen LogP contribution >= 0.6 is 37.2 Å². The summed E-state index contributed by atoms with van der Waals surface area (Å²) in [7, 11) is 1.63. The molecule has 1 heterocycles. The second kappa shape index (κ2) is 10.0. The Morgan fingerprint density at radius 1 is 1.00 bits per heavy atom. The van der Waals surface area contributed by atoms with Crippen molar-refractivity contribution in [3.05, 3.63) is 56.4 Å². The highest BCUT2D eigenvalue weighted by atomic mass is 128. The Morgan fingerprint density at radius 2 is 1.45 bits per heavy atom. The molecule has 2 aromatic rings. The quantitative estimate of drug-likeness (QED) is 0.573. The molecule has 22 heavy (non-hydrogen) atoms. The molecule has 0 fully saturated rings. The summed E-state index contributed by atoms with van der Waals surface area (Å²) >= 11 is 4.24. The third kappa shape index (κ3) is 4.58. The van der Waals surface area contributed by atoms with Gasteiger partial charge >= 0.3 is 5.69 Å². The molecule has 0 saturated heterocycles. The Kier molecular flexibility index (Phi) is 9.65. The highest BCUT2D eigenvalue weighted by Crippen LogP contribution is 2.11. The van der Waals surface area contributed by atoms with Crippen molar-refractivity contribution < 1.29 is 5.11 Å². The Morgan fingerprint density at radius 3 is 1.91 bits per heavy atom. The van der Waals surface area contributed by atoms with Gasteiger partial charge in [-0.05, 0) is 38.1 Å². The molecule has 0 spiro atoms. The normalized spacial score (nSPS) is 9.23. The molecule has 1 aromatic heterocycles. The molecule has 0 aliphatic heterocycles. The minimum atomic E-state index is -0.395. The summed E-state index contributed by atoms with van der Waals surface area (Å²) in [6, 6.07) is 5.95. The van der Waals surface area contributed by atoms with Gasteiger partial charge in [-0.15, -0.1) is 0 Å². The fourth-order valence-electron chi connectivity index (χ4n) is 1.78. The van der Waals surface area contributed by atoms with Crippen LogP contribution in [0.4, 0.5) is 0 Å². The van der Waals surface area contributed by atoms with E-state index in [1.165, 1.54) is 28.8 Å². The van der Waals surface area contributed by atoms with E-state index in [1.807, 2.05) is 13.8 Å². The number of aromatic nitrogens is 2. The SMILES string of the molecule is CC.Cc1c(C)n(C)c(=O)n(-c2ccc(O)cc2)c1=O.II. The predicted octanol–water partition coefficient (Wildman–Crippen LogP) is 3.66. The summed E-state index contributed by atoms with van der Waals surface area (Å²) in [5.41, 5.74) is 0.904. The van der Waals surface area contributed by atoms with Crippen molar-refractivity contribution in [2.75, 3.05) is 0 Å². The number of aromatic hydroxyl groups is 1. The second-order valence-electron chi connectivity index (χ2n) is 4.21. The van der Waals surface area contributed by atoms with Gasteiger partial charge in [-0.1, -0.05) is 13.8 Å². The van der Waals surface area contributed by atoms with Gasteiger partial charge in [0.25, 0.3) is 5.56 Å². The fraction of sp³-hybridized carbons (Fsp3) is 0.333. The van der Waals surface area contributed by atoms with Gasteiger partial charge in [0.05, 0.1) is 5.69 Å². The van der Waals surface area contributed by atoms with E-state index in [2.05, 4.69) is 37.2 Å². The van der Waals surface area contributed by atoms with Crippen LogP contribution in [0.1, 0.15) is 25.1 Å². The molecule has 7 heteroatoms. The van der Waals surface area contributed by atoms with Crippen LogP contribution in [0.3, 0.4) is 0 Å². The lowest BCUT2D eigenvalue weighted by atomic mass is 10.2. The Bertz CT molecular complexity index is 682. The molecular formula is C15H20I2N2O3. The molecule has 0 aliphatic rings. The van der Waals surface area contributed by atoms with Crippen molar-refractivity contribution in [2.45, 2.75) is 27.7 Å². The van der Waals surface area contributed by atoms with E-state index in [4.69, 9.17) is 0 Å². The zero-order valence-electron chi connectivity index (χ0n) is 13.2. The number of phenols is 1. The smallest absolute Gasteiger partial charge is 0.335 e. The molecule has 2 rings (SSSR count). The van der Waals surface area contributed by atoms with Crippen molar-refractivity contribution in [2.24, 2.45) is 7.05 Å². The van der Waals surface area contributed by atoms with E-state index >= 15 is 0 Å². The molecule has 1 aromatic carbocycles. The van der Waals surface area contributed by atoms with Crippen molar-refractivity contribution >= 4 is 37.2 Å². The molecule has 0 atom stereocenters. The van der Waals surface area contributed by atoms with Crippen LogP contribution in [0.5, 0.6) is 5.75 Å². The van der Waals surface area contributed by atoms with Crippen LogP contribution in [0.15, 0.2) is 33.9 Å². The zero-order valence-corrected chi connectivity index (χ0v) is 17.5. The Labute approximate surface area is 153 Å². The summed E-state index contributed by atoms with van der Waals surface area (Å²) in [5.74, 6) is 0.0902. The Balaban J connectivity index is 0.00000102. The fourth-order valence-corrected chi connectivity index (χ4v) is 1.78. The average Bonchev–Trinajstić information content (AvgIpc) is 2.57. The first-order valence-corrected chi connectivity index (χ1v) is 12.9. The first-order chi connectivity index (χ1) is 10.4. The van der Waals surface area contributed by atoms with E-state index in [-0.39, 0.29) is 11.3 Å². The summed E-state index contributed by atoms with van der Waals surface area (Å²) in [6.45, 7) is 7.42. The van der Waals surface area contributed by atoms with Gasteiger partial charge in [-0.2, -0.15) is 0 Å². The first-order valence-electron chi connectivity index (χ1n) is 6.66. The van der Waals surface area contributed by atoms with Crippen molar-refractivity contribution in [1.82, 2.24) is 9.13 Å². The molecule has 0 saturated carbocycles. The lowest BCUT2D eigenvalue weighted by Gasteiger charge is -2.12. The molecule has 122 valence electrons. The number of rotatable bonds is 1. The van der Waals surface area contributed by atoms with Crippen LogP contribution in [-0.2, 0) is 7.05 Å². The first kappa shape index (κ1) is 21.2. The predicted molar refractivity (Wildman–Crippen MR) is 108 cm³/mol. The number of hydrogen-bond donors (Lipinski definition) is 1. The standard InChI is InChI=1S/C13H14N2O3.C2H6.I2/c1-8-9(2)14(3)13(18)15(12(8)17)10-4-6-11(16)7-5-10;2*1-2/h4-7,16H,1-3H3;1-2H3;. The average molecular weight is 530 g/mol. The maximum absolute atomic E-state index is 12.1. The van der Waals surface area contributed by atoms with Gasteiger partial charge < -0.3 is 9.67 Å². The number of nitrogens with zero attached hydrogens (tertiary/aromatic N) is 2. The van der Waals surface area contributed by atoms with Crippen molar-refractivity contribution in [3.63, 3.8) is 0 Å². The van der Waals surface area contributed by atoms with Crippen LogP contribution in [-0.4, -0.2) is 14.2 Å². The number of benzene rings is 1. The maximum atomic E-state index is 12.1. The van der Waals surface area contributed by atoms with E-state index in [0.29, 0.717) is 16.9 Å². The van der Waals surface area contributed by atoms with Crippen LogP contribution in [0.2, 0.25) is 0 Å². The van der Waals surface area contributed by atoms with Gasteiger partial charge in [0.2, 0.25) is 0 Å². The molecule has 5 nitrogen and oxygen atoms in total. The molecule has 0 radical (unpaired) electrons. The third-order valence-electron chi connectivity index (χ3n) is 3.16. The van der Waals surface area contributed by atoms with Crippen molar-refractivity contribution in [1.29, 1.82) is 0 Å². The molecule has 0 aliphatic carbocycles. The van der Waals surface area contributed by atoms with Crippen molar-refractivity contribution in [3.8, 4) is 11.4 Å². The summed E-state index contributed by atoms with van der Waals surface area (Å²) in [4.78, 5) is 24.2. The zero-order chi connectivity index (χ0) is 17.4. The molecule has 0 amide bonds. The third-order valence-corrected chi connectivity index (χ3v) is 3.16. The molecule has 1 N–H and O–H groups in total. The monoisotopic (exact) mass is 530 g/mol. The summed E-state index contributed by atoms with van der Waals surface area (Å²) < 4.78 is 2.53. The highest BCUT2D eigenvalue weighted by Gasteiger charge is 2.12. The number of halogens is 2. The van der Waals surface area contributed by atoms with Gasteiger partial charge in [0.1, 0.15) is 5.75 Å². The molecular weight excluding hydrogens is 510 g/mol. The topological polar surface area (TPSA) is 64.2 Å². The minimum Gasteiger partial charge on any atom is -0.508 e. The van der Waals surface area contributed by atoms with E-state index in [1.54, 1.807) is 20.9 Å². The van der Waals surface area contributed by atoms with Crippen LogP contribution in [0, 0.1) is 13.8 Å². The largest absolute Gasteiger partial charge is 0.508 e. The van der Waals surface area contributed by atoms with E-state index in [0.717, 1.165) is 4.57 Å². The van der Waals surface area contributed by atoms with Gasteiger partial charge in [-0.25, -0.2) is 9.36 Å². The lowest BCUT2D eigenvalue weighted by Crippen LogP contribution is -2.40. The van der Waals surface area contributed by atoms with E-state index in [9.17, 15) is 14.7 Å². The number of hydrogen-bond acceptors (Lipinski definition) is 3. The number of phenolic OH excluding ortho intramolecular Hbond substituents is 1. The Hall–Kier alpha value is -0.840. The van der Waals surface area contributed by atoms with Gasteiger partial charge in [0, 0.05) is 55.5 Å². The van der Waals surface area contributed by atoms with Gasteiger partial charge in [0.15, 0.2) is 0 Å². The second-order valence-corrected chi connectivity index (χ2v) is 4.21. The lowest BCUT2D eigenvalue weighted by molar-refractivity contribution is 0.475.